The third-order valence-electron chi connectivity index (χ3n) is 1.88. The average Bonchev–Trinajstić information content (AvgIpc) is 2.81. The van der Waals surface area contributed by atoms with Gasteiger partial charge in [0.15, 0.2) is 0 Å². The molecule has 10 heteroatoms. The van der Waals surface area contributed by atoms with Crippen LogP contribution in [0.2, 0.25) is 0 Å². The zero-order valence-corrected chi connectivity index (χ0v) is 9.96. The quantitative estimate of drug-likeness (QED) is 0.413. The third-order valence-corrected chi connectivity index (χ3v) is 1.88. The van der Waals surface area contributed by atoms with Crippen LogP contribution < -0.4 is 10.8 Å². The number of nitrogens with two attached hydrogens (primary N) is 1. The number of urea groups is 1. The van der Waals surface area contributed by atoms with Crippen LogP contribution in [0.4, 0.5) is 10.7 Å². The number of nitrogens with zero attached hydrogens (tertiary/aromatic N) is 3. The lowest BCUT2D eigenvalue weighted by molar-refractivity contribution is -0.402. The molecule has 0 aromatic carbocycles. The van der Waals surface area contributed by atoms with Gasteiger partial charge in [0.1, 0.15) is 10.7 Å². The molecule has 0 aliphatic carbocycles. The molecule has 0 saturated carbocycles. The van der Waals surface area contributed by atoms with Gasteiger partial charge in [-0.3, -0.25) is 10.1 Å². The summed E-state index contributed by atoms with van der Waals surface area (Å²) in [6, 6.07) is 1.46. The molecule has 1 rings (SSSR count). The summed E-state index contributed by atoms with van der Waals surface area (Å²) in [5.74, 6) is -1.75. The van der Waals surface area contributed by atoms with Gasteiger partial charge in [0.25, 0.3) is 0 Å². The van der Waals surface area contributed by atoms with Crippen LogP contribution in [0.3, 0.4) is 0 Å². The van der Waals surface area contributed by atoms with Crippen molar-refractivity contribution in [3.8, 4) is 0 Å². The van der Waals surface area contributed by atoms with Gasteiger partial charge in [0.05, 0.1) is 18.6 Å². The van der Waals surface area contributed by atoms with Crippen LogP contribution in [-0.4, -0.2) is 34.7 Å². The van der Waals surface area contributed by atoms with Gasteiger partial charge in [-0.1, -0.05) is 0 Å². The molecule has 2 N–H and O–H groups in total. The molecule has 0 radical (unpaired) electrons. The summed E-state index contributed by atoms with van der Waals surface area (Å²) in [6.07, 6.45) is 3.69. The van der Waals surface area contributed by atoms with Crippen molar-refractivity contribution in [3.05, 3.63) is 34.1 Å². The van der Waals surface area contributed by atoms with E-state index in [4.69, 9.17) is 10.2 Å². The standard InChI is InChI=1S/C10H10N4O6/c11-10(17)13(6-9(15)16)12-5-1-2-7-3-4-8(20-7)14(18)19/h1-5H,6H2,(H2,11,17)(H,15,16)/p-1/b2-1+,12-5-. The van der Waals surface area contributed by atoms with E-state index in [0.29, 0.717) is 5.01 Å². The number of carbonyl (C=O) groups is 2. The number of allylic oxidation sites excluding steroid dienone is 1. The highest BCUT2D eigenvalue weighted by Gasteiger charge is 2.09. The van der Waals surface area contributed by atoms with Gasteiger partial charge < -0.3 is 20.1 Å². The maximum Gasteiger partial charge on any atom is 0.433 e. The molecule has 1 heterocycles. The molecule has 0 aliphatic heterocycles. The van der Waals surface area contributed by atoms with Crippen molar-refractivity contribution in [2.75, 3.05) is 6.54 Å². The van der Waals surface area contributed by atoms with Crippen molar-refractivity contribution in [1.82, 2.24) is 5.01 Å². The van der Waals surface area contributed by atoms with Crippen molar-refractivity contribution in [2.24, 2.45) is 10.8 Å². The van der Waals surface area contributed by atoms with Gasteiger partial charge in [-0.2, -0.15) is 5.10 Å². The fraction of sp³-hybridized carbons (Fsp3) is 0.100. The number of hydrazone groups is 1. The summed E-state index contributed by atoms with van der Waals surface area (Å²) in [5.41, 5.74) is 4.88. The number of furan rings is 1. The summed E-state index contributed by atoms with van der Waals surface area (Å²) in [5, 5.41) is 24.6. The smallest absolute Gasteiger partial charge is 0.433 e. The van der Waals surface area contributed by atoms with Crippen LogP contribution in [-0.2, 0) is 4.79 Å². The van der Waals surface area contributed by atoms with Crippen molar-refractivity contribution < 1.29 is 24.0 Å². The molecule has 1 aromatic heterocycles. The first-order chi connectivity index (χ1) is 9.40. The Labute approximate surface area is 111 Å². The Bertz CT molecular complexity index is 576. The van der Waals surface area contributed by atoms with Crippen LogP contribution in [0.1, 0.15) is 5.76 Å². The van der Waals surface area contributed by atoms with E-state index in [1.54, 1.807) is 0 Å². The first kappa shape index (κ1) is 14.9. The van der Waals surface area contributed by atoms with Crippen LogP contribution >= 0.6 is 0 Å². The summed E-state index contributed by atoms with van der Waals surface area (Å²) >= 11 is 0. The molecule has 0 atom stereocenters. The van der Waals surface area contributed by atoms with E-state index in [1.807, 2.05) is 0 Å². The Balaban J connectivity index is 2.65. The van der Waals surface area contributed by atoms with E-state index in [-0.39, 0.29) is 5.76 Å². The van der Waals surface area contributed by atoms with Gasteiger partial charge in [0, 0.05) is 6.21 Å². The summed E-state index contributed by atoms with van der Waals surface area (Å²) in [6.45, 7) is -0.786. The maximum absolute atomic E-state index is 10.8. The Hall–Kier alpha value is -3.17. The first-order valence-electron chi connectivity index (χ1n) is 5.12. The highest BCUT2D eigenvalue weighted by atomic mass is 16.6. The number of carboxylic acids is 1. The summed E-state index contributed by atoms with van der Waals surface area (Å²) < 4.78 is 4.81. The molecule has 20 heavy (non-hydrogen) atoms. The SMILES string of the molecule is NC(=O)N(CC(=O)[O-])/N=C\C=C\c1ccc([N+](=O)[O-])o1. The zero-order valence-electron chi connectivity index (χ0n) is 9.96. The van der Waals surface area contributed by atoms with Crippen LogP contribution in [0, 0.1) is 10.1 Å². The molecule has 0 unspecified atom stereocenters. The van der Waals surface area contributed by atoms with E-state index in [9.17, 15) is 24.8 Å². The Morgan fingerprint density at radius 2 is 2.20 bits per heavy atom. The summed E-state index contributed by atoms with van der Waals surface area (Å²) in [4.78, 5) is 30.8. The molecular weight excluding hydrogens is 272 g/mol. The van der Waals surface area contributed by atoms with Crippen molar-refractivity contribution in [2.45, 2.75) is 0 Å². The van der Waals surface area contributed by atoms with Crippen molar-refractivity contribution in [1.29, 1.82) is 0 Å². The number of hydrogen-bond acceptors (Lipinski definition) is 7. The van der Waals surface area contributed by atoms with E-state index in [0.717, 1.165) is 6.21 Å². The minimum atomic E-state index is -1.52. The normalized spacial score (nSPS) is 11.0. The van der Waals surface area contributed by atoms with E-state index >= 15 is 0 Å². The number of amides is 2. The molecule has 106 valence electrons. The van der Waals surface area contributed by atoms with Crippen molar-refractivity contribution in [3.63, 3.8) is 0 Å². The van der Waals surface area contributed by atoms with Gasteiger partial charge >= 0.3 is 11.9 Å². The molecule has 0 spiro atoms. The number of carbonyl (C=O) groups excluding carboxylic acids is 2. The van der Waals surface area contributed by atoms with Crippen LogP contribution in [0.25, 0.3) is 6.08 Å². The predicted octanol–water partition coefficient (Wildman–Crippen LogP) is -0.683. The van der Waals surface area contributed by atoms with Gasteiger partial charge in [-0.15, -0.1) is 0 Å². The van der Waals surface area contributed by atoms with Gasteiger partial charge in [-0.25, -0.2) is 9.80 Å². The van der Waals surface area contributed by atoms with E-state index in [2.05, 4.69) is 5.10 Å². The zero-order chi connectivity index (χ0) is 15.1. The monoisotopic (exact) mass is 281 g/mol. The number of carboxylic acid groups (broad SMARTS) is 1. The Morgan fingerprint density at radius 1 is 1.50 bits per heavy atom. The lowest BCUT2D eigenvalue weighted by atomic mass is 10.4. The lowest BCUT2D eigenvalue weighted by Gasteiger charge is -2.13. The number of rotatable bonds is 6. The number of aliphatic carboxylic acids is 1. The number of nitro groups is 1. The van der Waals surface area contributed by atoms with Gasteiger partial charge in [0.2, 0.25) is 0 Å². The molecule has 0 fully saturated rings. The molecule has 0 bridgehead atoms. The highest BCUT2D eigenvalue weighted by molar-refractivity contribution is 5.82. The van der Waals surface area contributed by atoms with Crippen molar-refractivity contribution >= 4 is 30.2 Å². The van der Waals surface area contributed by atoms with Crippen LogP contribution in [0.5, 0.6) is 0 Å². The molecule has 0 aliphatic rings. The minimum Gasteiger partial charge on any atom is -0.548 e. The molecule has 0 saturated heterocycles. The maximum atomic E-state index is 10.8. The average molecular weight is 281 g/mol. The second-order valence-corrected chi connectivity index (χ2v) is 3.32. The first-order valence-corrected chi connectivity index (χ1v) is 5.12. The lowest BCUT2D eigenvalue weighted by Crippen LogP contribution is -2.41. The second kappa shape index (κ2) is 6.68. The Morgan fingerprint density at radius 3 is 2.70 bits per heavy atom. The molecular formula is C10H9N4O6-. The predicted molar refractivity (Wildman–Crippen MR) is 64.2 cm³/mol. The Kier molecular flexibility index (Phi) is 4.97. The number of primary amides is 1. The largest absolute Gasteiger partial charge is 0.548 e. The number of hydrogen-bond donors (Lipinski definition) is 1. The van der Waals surface area contributed by atoms with E-state index in [1.165, 1.54) is 24.3 Å². The highest BCUT2D eigenvalue weighted by Crippen LogP contribution is 2.16. The van der Waals surface area contributed by atoms with Crippen LogP contribution in [0.15, 0.2) is 27.7 Å². The molecule has 1 aromatic rings. The minimum absolute atomic E-state index is 0.189. The summed E-state index contributed by atoms with van der Waals surface area (Å²) in [7, 11) is 0. The third kappa shape index (κ3) is 4.60. The fourth-order valence-electron chi connectivity index (χ4n) is 1.08. The molecule has 10 nitrogen and oxygen atoms in total. The fourth-order valence-corrected chi connectivity index (χ4v) is 1.08. The van der Waals surface area contributed by atoms with Gasteiger partial charge in [-0.05, 0) is 18.2 Å². The second-order valence-electron chi connectivity index (χ2n) is 3.32. The molecule has 2 amide bonds. The van der Waals surface area contributed by atoms with E-state index < -0.39 is 29.4 Å². The topological polar surface area (TPSA) is 155 Å².